The van der Waals surface area contributed by atoms with E-state index in [9.17, 15) is 0 Å². The summed E-state index contributed by atoms with van der Waals surface area (Å²) in [6, 6.07) is 22.0. The van der Waals surface area contributed by atoms with Gasteiger partial charge in [-0.05, 0) is 24.6 Å². The number of para-hydroxylation sites is 1. The maximum atomic E-state index is 2.39. The zero-order chi connectivity index (χ0) is 19.0. The van der Waals surface area contributed by atoms with E-state index in [1.54, 1.807) is 0 Å². The molecule has 0 spiro atoms. The Balaban J connectivity index is 1.77. The molecule has 0 saturated carbocycles. The van der Waals surface area contributed by atoms with Crippen LogP contribution in [0.15, 0.2) is 60.7 Å². The van der Waals surface area contributed by atoms with Crippen molar-refractivity contribution in [1.82, 2.24) is 4.57 Å². The van der Waals surface area contributed by atoms with E-state index in [-0.39, 0.29) is 0 Å². The van der Waals surface area contributed by atoms with E-state index in [1.807, 2.05) is 22.7 Å². The van der Waals surface area contributed by atoms with Crippen LogP contribution in [-0.4, -0.2) is 4.57 Å². The fourth-order valence-electron chi connectivity index (χ4n) is 4.45. The highest BCUT2D eigenvalue weighted by atomic mass is 32.1. The number of rotatable bonds is 1. The monoisotopic (exact) mass is 399 g/mol. The highest BCUT2D eigenvalue weighted by molar-refractivity contribution is 7.32. The van der Waals surface area contributed by atoms with Crippen molar-refractivity contribution >= 4 is 64.1 Å². The average molecular weight is 400 g/mol. The molecule has 0 unspecified atom stereocenters. The van der Waals surface area contributed by atoms with Crippen molar-refractivity contribution in [3.63, 3.8) is 0 Å². The highest BCUT2D eigenvalue weighted by Crippen LogP contribution is 2.43. The Morgan fingerprint density at radius 3 is 2.43 bits per heavy atom. The van der Waals surface area contributed by atoms with Gasteiger partial charge in [0.2, 0.25) is 0 Å². The van der Waals surface area contributed by atoms with Crippen LogP contribution < -0.4 is 4.57 Å². The van der Waals surface area contributed by atoms with Gasteiger partial charge in [0, 0.05) is 33.4 Å². The lowest BCUT2D eigenvalue weighted by Gasteiger charge is -2.06. The molecule has 6 rings (SSSR count). The lowest BCUT2D eigenvalue weighted by molar-refractivity contribution is -0.627. The van der Waals surface area contributed by atoms with Crippen molar-refractivity contribution in [3.05, 3.63) is 66.2 Å². The predicted molar refractivity (Wildman–Crippen MR) is 123 cm³/mol. The van der Waals surface area contributed by atoms with Crippen LogP contribution in [0.2, 0.25) is 0 Å². The second-order valence-corrected chi connectivity index (χ2v) is 9.46. The Kier molecular flexibility index (Phi) is 3.29. The number of aryl methyl sites for hydroxylation is 3. The summed E-state index contributed by atoms with van der Waals surface area (Å²) in [6.45, 7) is 2.23. The number of nitrogens with zero attached hydrogens (tertiary/aromatic N) is 2. The second-order valence-electron chi connectivity index (χ2n) is 7.43. The van der Waals surface area contributed by atoms with Crippen LogP contribution >= 0.6 is 22.7 Å². The molecule has 28 heavy (non-hydrogen) atoms. The van der Waals surface area contributed by atoms with Gasteiger partial charge in [0.1, 0.15) is 11.7 Å². The Labute approximate surface area is 170 Å². The summed E-state index contributed by atoms with van der Waals surface area (Å²) < 4.78 is 7.52. The third kappa shape index (κ3) is 1.99. The van der Waals surface area contributed by atoms with Gasteiger partial charge in [-0.2, -0.15) is 4.57 Å². The van der Waals surface area contributed by atoms with Crippen LogP contribution in [0, 0.1) is 6.92 Å². The van der Waals surface area contributed by atoms with Crippen LogP contribution in [-0.2, 0) is 14.1 Å². The van der Waals surface area contributed by atoms with Gasteiger partial charge >= 0.3 is 0 Å². The summed E-state index contributed by atoms with van der Waals surface area (Å²) in [5.74, 6) is 0. The minimum atomic E-state index is 1.29. The molecule has 0 amide bonds. The Bertz CT molecular complexity index is 1550. The van der Waals surface area contributed by atoms with Gasteiger partial charge in [0.25, 0.3) is 9.84 Å². The maximum Gasteiger partial charge on any atom is 0.281 e. The summed E-state index contributed by atoms with van der Waals surface area (Å²) in [7, 11) is 4.41. The number of benzene rings is 3. The van der Waals surface area contributed by atoms with Crippen molar-refractivity contribution in [2.75, 3.05) is 0 Å². The van der Waals surface area contributed by atoms with Crippen molar-refractivity contribution in [2.45, 2.75) is 6.92 Å². The number of hydrogen-bond acceptors (Lipinski definition) is 2. The van der Waals surface area contributed by atoms with Crippen molar-refractivity contribution in [2.24, 2.45) is 14.1 Å². The number of fused-ring (bicyclic) bond motifs is 6. The molecule has 0 aliphatic rings. The number of hydrogen-bond donors (Lipinski definition) is 0. The van der Waals surface area contributed by atoms with Gasteiger partial charge in [0.05, 0.1) is 11.1 Å². The summed E-state index contributed by atoms with van der Waals surface area (Å²) in [5.41, 5.74) is 5.30. The fraction of sp³-hybridized carbons (Fsp3) is 0.125. The van der Waals surface area contributed by atoms with E-state index in [0.717, 1.165) is 0 Å². The van der Waals surface area contributed by atoms with Crippen LogP contribution in [0.25, 0.3) is 52.0 Å². The first-order valence-corrected chi connectivity index (χ1v) is 11.1. The summed E-state index contributed by atoms with van der Waals surface area (Å²) in [6.07, 6.45) is 0. The average Bonchev–Trinajstić information content (AvgIpc) is 3.33. The lowest BCUT2D eigenvalue weighted by atomic mass is 10.0. The largest absolute Gasteiger partial charge is 0.343 e. The maximum absolute atomic E-state index is 2.39. The number of aromatic nitrogens is 2. The number of thiazole rings is 1. The molecule has 0 radical (unpaired) electrons. The smallest absolute Gasteiger partial charge is 0.281 e. The van der Waals surface area contributed by atoms with Crippen LogP contribution in [0.5, 0.6) is 0 Å². The van der Waals surface area contributed by atoms with Gasteiger partial charge in [-0.1, -0.05) is 71.2 Å². The Hall–Kier alpha value is -2.69. The molecule has 3 aromatic carbocycles. The third-order valence-electron chi connectivity index (χ3n) is 5.83. The quantitative estimate of drug-likeness (QED) is 0.277. The first-order valence-electron chi connectivity index (χ1n) is 9.42. The highest BCUT2D eigenvalue weighted by Gasteiger charge is 2.27. The van der Waals surface area contributed by atoms with Crippen LogP contribution in [0.3, 0.4) is 0 Å². The zero-order valence-electron chi connectivity index (χ0n) is 16.0. The van der Waals surface area contributed by atoms with Gasteiger partial charge in [0.15, 0.2) is 0 Å². The molecule has 3 heterocycles. The standard InChI is InChI=1S/C24H19N2S2/c1-14-12-13-16-15-8-4-6-10-18(15)25(2)21(16)20(14)23-26(3)24-22(28-23)17-9-5-7-11-19(17)27-24/h4-13H,1-3H3/q+1. The topological polar surface area (TPSA) is 8.81 Å². The predicted octanol–water partition coefficient (Wildman–Crippen LogP) is 6.56. The van der Waals surface area contributed by atoms with Crippen LogP contribution in [0.1, 0.15) is 5.56 Å². The minimum absolute atomic E-state index is 1.29. The zero-order valence-corrected chi connectivity index (χ0v) is 17.6. The molecular weight excluding hydrogens is 380 g/mol. The molecule has 6 aromatic rings. The van der Waals surface area contributed by atoms with E-state index in [2.05, 4.69) is 90.8 Å². The van der Waals surface area contributed by atoms with E-state index < -0.39 is 0 Å². The molecule has 0 aliphatic heterocycles. The van der Waals surface area contributed by atoms with Crippen molar-refractivity contribution in [3.8, 4) is 10.6 Å². The first kappa shape index (κ1) is 16.3. The minimum Gasteiger partial charge on any atom is -0.343 e. The molecule has 0 fully saturated rings. The fourth-order valence-corrected chi connectivity index (χ4v) is 7.18. The Morgan fingerprint density at radius 1 is 0.821 bits per heavy atom. The molecule has 2 nitrogen and oxygen atoms in total. The van der Waals surface area contributed by atoms with Gasteiger partial charge in [-0.25, -0.2) is 0 Å². The van der Waals surface area contributed by atoms with Gasteiger partial charge in [-0.15, -0.1) is 0 Å². The lowest BCUT2D eigenvalue weighted by Crippen LogP contribution is -2.27. The molecule has 0 aliphatic carbocycles. The SMILES string of the molecule is Cc1ccc2c3ccccc3n(C)c2c1-c1sc2c3ccccc3sc2[n+]1C. The van der Waals surface area contributed by atoms with Crippen molar-refractivity contribution in [1.29, 1.82) is 0 Å². The van der Waals surface area contributed by atoms with Crippen molar-refractivity contribution < 1.29 is 4.57 Å². The molecule has 3 aromatic heterocycles. The summed E-state index contributed by atoms with van der Waals surface area (Å²) in [4.78, 5) is 1.36. The molecular formula is C24H19N2S2+. The molecule has 0 atom stereocenters. The Morgan fingerprint density at radius 2 is 1.57 bits per heavy atom. The normalized spacial score (nSPS) is 12.1. The van der Waals surface area contributed by atoms with Crippen LogP contribution in [0.4, 0.5) is 0 Å². The summed E-state index contributed by atoms with van der Waals surface area (Å²) in [5, 5.41) is 5.37. The molecule has 136 valence electrons. The van der Waals surface area contributed by atoms with Gasteiger partial charge < -0.3 is 4.57 Å². The first-order chi connectivity index (χ1) is 13.6. The molecule has 0 bridgehead atoms. The third-order valence-corrected chi connectivity index (χ3v) is 8.50. The second kappa shape index (κ2) is 5.66. The van der Waals surface area contributed by atoms with E-state index in [1.165, 1.54) is 57.6 Å². The molecule has 4 heteroatoms. The van der Waals surface area contributed by atoms with E-state index >= 15 is 0 Å². The van der Waals surface area contributed by atoms with Gasteiger partial charge in [-0.3, -0.25) is 0 Å². The number of thiophene rings is 1. The van der Waals surface area contributed by atoms with E-state index in [4.69, 9.17) is 0 Å². The molecule has 0 saturated heterocycles. The summed E-state index contributed by atoms with van der Waals surface area (Å²) >= 11 is 3.81. The molecule has 0 N–H and O–H groups in total. The van der Waals surface area contributed by atoms with E-state index in [0.29, 0.717) is 0 Å².